The average Bonchev–Trinajstić information content (AvgIpc) is 2.79. The lowest BCUT2D eigenvalue weighted by Crippen LogP contribution is -2.40. The van der Waals surface area contributed by atoms with E-state index in [1.165, 1.54) is 0 Å². The second-order valence-electron chi connectivity index (χ2n) is 6.97. The number of nitrogens with zero attached hydrogens (tertiary/aromatic N) is 2. The Bertz CT molecular complexity index is 1040. The maximum atomic E-state index is 13.4. The second kappa shape index (κ2) is 10.2. The summed E-state index contributed by atoms with van der Waals surface area (Å²) in [4.78, 5) is 19.3. The van der Waals surface area contributed by atoms with E-state index < -0.39 is 6.10 Å². The van der Waals surface area contributed by atoms with Crippen LogP contribution in [0.1, 0.15) is 18.1 Å². The Labute approximate surface area is 187 Å². The number of hydrogen-bond acceptors (Lipinski definition) is 5. The molecule has 1 heterocycles. The van der Waals surface area contributed by atoms with Crippen LogP contribution in [0.3, 0.4) is 0 Å². The summed E-state index contributed by atoms with van der Waals surface area (Å²) in [6.45, 7) is 3.90. The lowest BCUT2D eigenvalue weighted by Gasteiger charge is -2.26. The summed E-state index contributed by atoms with van der Waals surface area (Å²) in [5, 5.41) is 0.648. The van der Waals surface area contributed by atoms with Crippen molar-refractivity contribution in [2.24, 2.45) is 0 Å². The molecule has 3 aromatic rings. The van der Waals surface area contributed by atoms with E-state index in [4.69, 9.17) is 25.8 Å². The molecule has 0 fully saturated rings. The monoisotopic (exact) mass is 440 g/mol. The van der Waals surface area contributed by atoms with Crippen molar-refractivity contribution in [3.05, 3.63) is 76.9 Å². The van der Waals surface area contributed by atoms with Gasteiger partial charge in [-0.15, -0.1) is 0 Å². The lowest BCUT2D eigenvalue weighted by molar-refractivity contribution is -0.124. The Morgan fingerprint density at radius 2 is 1.84 bits per heavy atom. The summed E-state index contributed by atoms with van der Waals surface area (Å²) in [5.41, 5.74) is 1.75. The first kappa shape index (κ1) is 22.4. The smallest absolute Gasteiger partial charge is 0.269 e. The van der Waals surface area contributed by atoms with Crippen molar-refractivity contribution in [3.63, 3.8) is 0 Å². The van der Waals surface area contributed by atoms with Crippen molar-refractivity contribution >= 4 is 23.3 Å². The number of anilines is 1. The Kier molecular flexibility index (Phi) is 7.36. The van der Waals surface area contributed by atoms with Crippen LogP contribution in [-0.4, -0.2) is 31.2 Å². The zero-order valence-corrected chi connectivity index (χ0v) is 18.7. The number of aryl methyl sites for hydroxylation is 1. The molecule has 6 nitrogen and oxygen atoms in total. The first-order valence-corrected chi connectivity index (χ1v) is 10.2. The summed E-state index contributed by atoms with van der Waals surface area (Å²) in [5.74, 6) is 2.10. The van der Waals surface area contributed by atoms with Crippen LogP contribution < -0.4 is 19.1 Å². The SMILES string of the molecule is COc1ccc(CN(C(=O)C(C)Oc2ccc(Cl)c(C)c2)c2ccccn2)cc1OC. The Balaban J connectivity index is 1.86. The van der Waals surface area contributed by atoms with Crippen LogP contribution in [0.25, 0.3) is 0 Å². The van der Waals surface area contributed by atoms with Gasteiger partial charge in [-0.3, -0.25) is 9.69 Å². The molecule has 0 N–H and O–H groups in total. The third kappa shape index (κ3) is 5.47. The quantitative estimate of drug-likeness (QED) is 0.490. The molecule has 0 spiro atoms. The number of hydrogen-bond donors (Lipinski definition) is 0. The fourth-order valence-corrected chi connectivity index (χ4v) is 3.23. The molecular formula is C24H25ClN2O4. The van der Waals surface area contributed by atoms with E-state index in [9.17, 15) is 4.79 Å². The minimum Gasteiger partial charge on any atom is -0.493 e. The third-order valence-electron chi connectivity index (χ3n) is 4.77. The molecule has 3 rings (SSSR count). The van der Waals surface area contributed by atoms with E-state index in [1.807, 2.05) is 37.3 Å². The number of amides is 1. The van der Waals surface area contributed by atoms with Crippen LogP contribution in [0.5, 0.6) is 17.2 Å². The molecule has 0 aliphatic heterocycles. The molecule has 0 saturated carbocycles. The molecule has 162 valence electrons. The zero-order chi connectivity index (χ0) is 22.4. The highest BCUT2D eigenvalue weighted by atomic mass is 35.5. The molecule has 1 unspecified atom stereocenters. The normalized spacial score (nSPS) is 11.5. The number of rotatable bonds is 8. The van der Waals surface area contributed by atoms with Gasteiger partial charge in [-0.2, -0.15) is 0 Å². The van der Waals surface area contributed by atoms with Gasteiger partial charge in [0.25, 0.3) is 5.91 Å². The summed E-state index contributed by atoms with van der Waals surface area (Å²) >= 11 is 6.09. The Morgan fingerprint density at radius 1 is 1.06 bits per heavy atom. The number of halogens is 1. The molecule has 1 atom stereocenters. The Hall–Kier alpha value is -3.25. The molecule has 1 amide bonds. The predicted molar refractivity (Wildman–Crippen MR) is 121 cm³/mol. The first-order valence-electron chi connectivity index (χ1n) is 9.79. The van der Waals surface area contributed by atoms with Gasteiger partial charge in [0.1, 0.15) is 11.6 Å². The number of aromatic nitrogens is 1. The van der Waals surface area contributed by atoms with Crippen molar-refractivity contribution in [3.8, 4) is 17.2 Å². The average molecular weight is 441 g/mol. The van der Waals surface area contributed by atoms with Crippen LogP contribution in [-0.2, 0) is 11.3 Å². The molecule has 0 saturated heterocycles. The van der Waals surface area contributed by atoms with Gasteiger partial charge in [-0.25, -0.2) is 4.98 Å². The van der Waals surface area contributed by atoms with Gasteiger partial charge in [0, 0.05) is 11.2 Å². The van der Waals surface area contributed by atoms with Crippen molar-refractivity contribution in [2.45, 2.75) is 26.5 Å². The fraction of sp³-hybridized carbons (Fsp3) is 0.250. The number of benzene rings is 2. The predicted octanol–water partition coefficient (Wildman–Crippen LogP) is 5.06. The number of pyridine rings is 1. The summed E-state index contributed by atoms with van der Waals surface area (Å²) in [7, 11) is 3.16. The number of ether oxygens (including phenoxy) is 3. The Morgan fingerprint density at radius 3 is 2.48 bits per heavy atom. The number of carbonyl (C=O) groups is 1. The van der Waals surface area contributed by atoms with E-state index in [1.54, 1.807) is 56.5 Å². The minimum atomic E-state index is -0.734. The molecule has 1 aromatic heterocycles. The lowest BCUT2D eigenvalue weighted by atomic mass is 10.1. The van der Waals surface area contributed by atoms with Crippen molar-refractivity contribution in [1.29, 1.82) is 0 Å². The third-order valence-corrected chi connectivity index (χ3v) is 5.19. The maximum Gasteiger partial charge on any atom is 0.269 e. The summed E-state index contributed by atoms with van der Waals surface area (Å²) < 4.78 is 16.6. The second-order valence-corrected chi connectivity index (χ2v) is 7.38. The van der Waals surface area contributed by atoms with Gasteiger partial charge >= 0.3 is 0 Å². The molecule has 7 heteroatoms. The van der Waals surface area contributed by atoms with Gasteiger partial charge in [0.15, 0.2) is 17.6 Å². The van der Waals surface area contributed by atoms with Crippen LogP contribution in [0, 0.1) is 6.92 Å². The fourth-order valence-electron chi connectivity index (χ4n) is 3.11. The highest BCUT2D eigenvalue weighted by molar-refractivity contribution is 6.31. The molecular weight excluding hydrogens is 416 g/mol. The van der Waals surface area contributed by atoms with Crippen molar-refractivity contribution in [2.75, 3.05) is 19.1 Å². The maximum absolute atomic E-state index is 13.4. The number of methoxy groups -OCH3 is 2. The van der Waals surface area contributed by atoms with Crippen LogP contribution in [0.4, 0.5) is 5.82 Å². The molecule has 0 bridgehead atoms. The van der Waals surface area contributed by atoms with E-state index in [-0.39, 0.29) is 5.91 Å². The molecule has 31 heavy (non-hydrogen) atoms. The highest BCUT2D eigenvalue weighted by Gasteiger charge is 2.25. The summed E-state index contributed by atoms with van der Waals surface area (Å²) in [6.07, 6.45) is 0.918. The van der Waals surface area contributed by atoms with Crippen molar-refractivity contribution < 1.29 is 19.0 Å². The molecule has 0 aliphatic rings. The first-order chi connectivity index (χ1) is 14.9. The van der Waals surface area contributed by atoms with Crippen molar-refractivity contribution in [1.82, 2.24) is 4.98 Å². The van der Waals surface area contributed by atoms with Crippen LogP contribution in [0.15, 0.2) is 60.8 Å². The van der Waals surface area contributed by atoms with E-state index in [0.29, 0.717) is 34.6 Å². The summed E-state index contributed by atoms with van der Waals surface area (Å²) in [6, 6.07) is 16.3. The van der Waals surface area contributed by atoms with Crippen LogP contribution >= 0.6 is 11.6 Å². The van der Waals surface area contributed by atoms with E-state index in [2.05, 4.69) is 4.98 Å². The topological polar surface area (TPSA) is 60.9 Å². The largest absolute Gasteiger partial charge is 0.493 e. The highest BCUT2D eigenvalue weighted by Crippen LogP contribution is 2.29. The van der Waals surface area contributed by atoms with E-state index >= 15 is 0 Å². The zero-order valence-electron chi connectivity index (χ0n) is 18.0. The van der Waals surface area contributed by atoms with Crippen LogP contribution in [0.2, 0.25) is 5.02 Å². The number of carbonyl (C=O) groups excluding carboxylic acids is 1. The van der Waals surface area contributed by atoms with Gasteiger partial charge in [-0.05, 0) is 67.4 Å². The van der Waals surface area contributed by atoms with Gasteiger partial charge in [0.2, 0.25) is 0 Å². The molecule has 0 aliphatic carbocycles. The van der Waals surface area contributed by atoms with Gasteiger partial charge < -0.3 is 14.2 Å². The van der Waals surface area contributed by atoms with E-state index in [0.717, 1.165) is 11.1 Å². The van der Waals surface area contributed by atoms with Gasteiger partial charge in [0.05, 0.1) is 20.8 Å². The molecule has 2 aromatic carbocycles. The van der Waals surface area contributed by atoms with Gasteiger partial charge in [-0.1, -0.05) is 23.7 Å². The molecule has 0 radical (unpaired) electrons. The standard InChI is InChI=1S/C24H25ClN2O4/c1-16-13-19(9-10-20(16)25)31-17(2)24(28)27(23-7-5-6-12-26-23)15-18-8-11-21(29-3)22(14-18)30-4/h5-14,17H,15H2,1-4H3. The minimum absolute atomic E-state index is 0.221.